The number of hydrogen-bond acceptors (Lipinski definition) is 4. The van der Waals surface area contributed by atoms with Gasteiger partial charge in [-0.25, -0.2) is 10.2 Å². The molecule has 22 heavy (non-hydrogen) atoms. The van der Waals surface area contributed by atoms with Crippen molar-refractivity contribution in [2.75, 3.05) is 18.6 Å². The van der Waals surface area contributed by atoms with E-state index in [2.05, 4.69) is 27.6 Å². The molecule has 0 bridgehead atoms. The van der Waals surface area contributed by atoms with E-state index in [9.17, 15) is 4.79 Å². The Morgan fingerprint density at radius 2 is 1.77 bits per heavy atom. The molecule has 0 unspecified atom stereocenters. The first kappa shape index (κ1) is 15.6. The zero-order chi connectivity index (χ0) is 15.8. The number of para-hydroxylation sites is 1. The fourth-order valence-electron chi connectivity index (χ4n) is 1.91. The summed E-state index contributed by atoms with van der Waals surface area (Å²) in [5, 5.41) is 3.83. The van der Waals surface area contributed by atoms with Crippen LogP contribution < -0.4 is 10.3 Å². The van der Waals surface area contributed by atoms with Crippen LogP contribution in [-0.4, -0.2) is 26.0 Å². The molecule has 0 fully saturated rings. The van der Waals surface area contributed by atoms with Crippen LogP contribution in [0, 0.1) is 0 Å². The highest BCUT2D eigenvalue weighted by atomic mass is 16.5. The number of amides is 1. The maximum Gasteiger partial charge on any atom is 0.427 e. The molecule has 5 nitrogen and oxygen atoms in total. The van der Waals surface area contributed by atoms with Gasteiger partial charge in [0.05, 0.1) is 12.8 Å². The van der Waals surface area contributed by atoms with Crippen LogP contribution in [-0.2, 0) is 4.74 Å². The molecule has 0 heterocycles. The Morgan fingerprint density at radius 3 is 2.41 bits per heavy atom. The van der Waals surface area contributed by atoms with Crippen LogP contribution in [0.1, 0.15) is 12.5 Å². The molecule has 0 saturated carbocycles. The summed E-state index contributed by atoms with van der Waals surface area (Å²) in [4.78, 5) is 13.2. The van der Waals surface area contributed by atoms with E-state index in [1.807, 2.05) is 49.5 Å². The van der Waals surface area contributed by atoms with Gasteiger partial charge in [-0.05, 0) is 36.8 Å². The van der Waals surface area contributed by atoms with Gasteiger partial charge in [-0.3, -0.25) is 0 Å². The van der Waals surface area contributed by atoms with Gasteiger partial charge in [0.25, 0.3) is 0 Å². The quantitative estimate of drug-likeness (QED) is 0.678. The Kier molecular flexibility index (Phi) is 5.54. The fourth-order valence-corrected chi connectivity index (χ4v) is 1.91. The van der Waals surface area contributed by atoms with Gasteiger partial charge in [0, 0.05) is 18.4 Å². The van der Waals surface area contributed by atoms with Crippen LogP contribution in [0.4, 0.5) is 16.2 Å². The number of hydrazone groups is 1. The number of ether oxygens (including phenoxy) is 1. The zero-order valence-electron chi connectivity index (χ0n) is 12.7. The summed E-state index contributed by atoms with van der Waals surface area (Å²) in [6.45, 7) is 2.06. The average molecular weight is 297 g/mol. The average Bonchev–Trinajstić information content (AvgIpc) is 2.56. The summed E-state index contributed by atoms with van der Waals surface area (Å²) in [6, 6.07) is 18.0. The number of hydrogen-bond donors (Lipinski definition) is 1. The van der Waals surface area contributed by atoms with E-state index >= 15 is 0 Å². The van der Waals surface area contributed by atoms with E-state index in [-0.39, 0.29) is 0 Å². The summed E-state index contributed by atoms with van der Waals surface area (Å²) < 4.78 is 4.71. The Balaban J connectivity index is 1.98. The number of nitrogens with one attached hydrogen (secondary N) is 1. The molecule has 0 radical (unpaired) electrons. The van der Waals surface area contributed by atoms with E-state index in [0.717, 1.165) is 16.9 Å². The molecule has 0 spiro atoms. The normalized spacial score (nSPS) is 10.5. The molecule has 0 atom stereocenters. The Morgan fingerprint density at radius 1 is 1.14 bits per heavy atom. The SMILES string of the molecule is CCOC(=O)N/N=C\c1ccc(N(C)c2ccccc2)cc1. The van der Waals surface area contributed by atoms with Crippen molar-refractivity contribution < 1.29 is 9.53 Å². The van der Waals surface area contributed by atoms with Gasteiger partial charge in [0.2, 0.25) is 0 Å². The van der Waals surface area contributed by atoms with Crippen LogP contribution in [0.3, 0.4) is 0 Å². The molecule has 2 aromatic carbocycles. The maximum absolute atomic E-state index is 11.1. The monoisotopic (exact) mass is 297 g/mol. The minimum absolute atomic E-state index is 0.321. The van der Waals surface area contributed by atoms with Crippen LogP contribution in [0.25, 0.3) is 0 Å². The van der Waals surface area contributed by atoms with Crippen molar-refractivity contribution in [3.63, 3.8) is 0 Å². The predicted octanol–water partition coefficient (Wildman–Crippen LogP) is 3.53. The van der Waals surface area contributed by atoms with Crippen molar-refractivity contribution in [2.45, 2.75) is 6.92 Å². The Hall–Kier alpha value is -2.82. The highest BCUT2D eigenvalue weighted by Crippen LogP contribution is 2.22. The number of rotatable bonds is 5. The molecule has 0 aliphatic rings. The van der Waals surface area contributed by atoms with E-state index in [0.29, 0.717) is 6.61 Å². The number of nitrogens with zero attached hydrogens (tertiary/aromatic N) is 2. The lowest BCUT2D eigenvalue weighted by atomic mass is 10.2. The molecule has 0 aliphatic heterocycles. The molecule has 2 rings (SSSR count). The van der Waals surface area contributed by atoms with Crippen LogP contribution >= 0.6 is 0 Å². The lowest BCUT2D eigenvalue weighted by Gasteiger charge is -2.19. The lowest BCUT2D eigenvalue weighted by Crippen LogP contribution is -2.18. The minimum atomic E-state index is -0.556. The van der Waals surface area contributed by atoms with Gasteiger partial charge in [-0.1, -0.05) is 30.3 Å². The van der Waals surface area contributed by atoms with Gasteiger partial charge >= 0.3 is 6.09 Å². The van der Waals surface area contributed by atoms with Crippen molar-refractivity contribution in [3.8, 4) is 0 Å². The van der Waals surface area contributed by atoms with E-state index in [1.165, 1.54) is 0 Å². The molecule has 114 valence electrons. The minimum Gasteiger partial charge on any atom is -0.449 e. The summed E-state index contributed by atoms with van der Waals surface area (Å²) in [5.41, 5.74) is 5.37. The first-order chi connectivity index (χ1) is 10.7. The summed E-state index contributed by atoms with van der Waals surface area (Å²) in [7, 11) is 2.01. The molecular weight excluding hydrogens is 278 g/mol. The van der Waals surface area contributed by atoms with Crippen molar-refractivity contribution in [1.82, 2.24) is 5.43 Å². The van der Waals surface area contributed by atoms with Gasteiger partial charge in [-0.15, -0.1) is 0 Å². The fraction of sp³-hybridized carbons (Fsp3) is 0.176. The lowest BCUT2D eigenvalue weighted by molar-refractivity contribution is 0.152. The second-order valence-electron chi connectivity index (χ2n) is 4.58. The van der Waals surface area contributed by atoms with E-state index in [4.69, 9.17) is 4.74 Å². The second kappa shape index (κ2) is 7.83. The molecule has 5 heteroatoms. The number of carbonyl (C=O) groups excluding carboxylic acids is 1. The van der Waals surface area contributed by atoms with Crippen molar-refractivity contribution >= 4 is 23.7 Å². The van der Waals surface area contributed by atoms with Crippen LogP contribution in [0.15, 0.2) is 59.7 Å². The van der Waals surface area contributed by atoms with Gasteiger partial charge in [0.1, 0.15) is 0 Å². The highest BCUT2D eigenvalue weighted by molar-refractivity contribution is 5.81. The first-order valence-corrected chi connectivity index (χ1v) is 7.05. The third kappa shape index (κ3) is 4.34. The zero-order valence-corrected chi connectivity index (χ0v) is 12.7. The molecule has 1 N–H and O–H groups in total. The molecule has 0 aliphatic carbocycles. The largest absolute Gasteiger partial charge is 0.449 e. The first-order valence-electron chi connectivity index (χ1n) is 7.05. The summed E-state index contributed by atoms with van der Waals surface area (Å²) in [5.74, 6) is 0. The summed E-state index contributed by atoms with van der Waals surface area (Å²) in [6.07, 6.45) is 1.02. The third-order valence-corrected chi connectivity index (χ3v) is 3.07. The summed E-state index contributed by atoms with van der Waals surface area (Å²) >= 11 is 0. The van der Waals surface area contributed by atoms with Crippen LogP contribution in [0.2, 0.25) is 0 Å². The van der Waals surface area contributed by atoms with Gasteiger partial charge < -0.3 is 9.64 Å². The van der Waals surface area contributed by atoms with Gasteiger partial charge in [-0.2, -0.15) is 5.10 Å². The number of benzene rings is 2. The van der Waals surface area contributed by atoms with E-state index < -0.39 is 6.09 Å². The predicted molar refractivity (Wildman–Crippen MR) is 88.7 cm³/mol. The third-order valence-electron chi connectivity index (χ3n) is 3.07. The molecule has 1 amide bonds. The smallest absolute Gasteiger partial charge is 0.427 e. The van der Waals surface area contributed by atoms with Gasteiger partial charge in [0.15, 0.2) is 0 Å². The Bertz CT molecular complexity index is 624. The Labute approximate surface area is 130 Å². The van der Waals surface area contributed by atoms with Crippen molar-refractivity contribution in [1.29, 1.82) is 0 Å². The van der Waals surface area contributed by atoms with Crippen molar-refractivity contribution in [2.24, 2.45) is 5.10 Å². The second-order valence-corrected chi connectivity index (χ2v) is 4.58. The highest BCUT2D eigenvalue weighted by Gasteiger charge is 2.02. The molecule has 0 aromatic heterocycles. The van der Waals surface area contributed by atoms with Crippen LogP contribution in [0.5, 0.6) is 0 Å². The molecular formula is C17H19N3O2. The maximum atomic E-state index is 11.1. The topological polar surface area (TPSA) is 53.9 Å². The van der Waals surface area contributed by atoms with E-state index in [1.54, 1.807) is 13.1 Å². The number of anilines is 2. The molecule has 0 saturated heterocycles. The molecule has 2 aromatic rings. The van der Waals surface area contributed by atoms with Crippen molar-refractivity contribution in [3.05, 3.63) is 60.2 Å². The number of carbonyl (C=O) groups is 1. The standard InChI is InChI=1S/C17H19N3O2/c1-3-22-17(21)19-18-13-14-9-11-16(12-10-14)20(2)15-7-5-4-6-8-15/h4-13H,3H2,1-2H3,(H,19,21)/b18-13-.